The van der Waals surface area contributed by atoms with Gasteiger partial charge < -0.3 is 24.8 Å². The van der Waals surface area contributed by atoms with Gasteiger partial charge in [-0.25, -0.2) is 9.18 Å². The van der Waals surface area contributed by atoms with E-state index in [2.05, 4.69) is 10.2 Å². The van der Waals surface area contributed by atoms with Crippen LogP contribution in [0, 0.1) is 5.82 Å². The topological polar surface area (TPSA) is 88.1 Å². The normalized spacial score (nSPS) is 15.0. The number of carbonyl (C=O) groups excluding carboxylic acids is 1. The largest absolute Gasteiger partial charge is 0.478 e. The van der Waals surface area contributed by atoms with E-state index < -0.39 is 23.8 Å². The molecule has 1 aliphatic rings. The molecule has 3 rings (SSSR count). The molecule has 1 aliphatic heterocycles. The maximum atomic E-state index is 12.9. The molecule has 1 amide bonds. The lowest BCUT2D eigenvalue weighted by Crippen LogP contribution is -2.40. The van der Waals surface area contributed by atoms with E-state index in [4.69, 9.17) is 9.47 Å². The van der Waals surface area contributed by atoms with Crippen LogP contribution in [0.25, 0.3) is 0 Å². The molecule has 0 saturated carbocycles. The average molecular weight is 388 g/mol. The summed E-state index contributed by atoms with van der Waals surface area (Å²) in [6, 6.07) is 12.1. The summed E-state index contributed by atoms with van der Waals surface area (Å²) in [6.45, 7) is 2.72. The van der Waals surface area contributed by atoms with Gasteiger partial charge >= 0.3 is 5.97 Å². The number of hydrogen-bond acceptors (Lipinski definition) is 5. The molecule has 0 aromatic heterocycles. The molecule has 0 aliphatic carbocycles. The third-order valence-electron chi connectivity index (χ3n) is 4.32. The second-order valence-corrected chi connectivity index (χ2v) is 6.25. The summed E-state index contributed by atoms with van der Waals surface area (Å²) in [5.74, 6) is -1.87. The predicted molar refractivity (Wildman–Crippen MR) is 100 cm³/mol. The molecule has 7 nitrogen and oxygen atoms in total. The zero-order chi connectivity index (χ0) is 19.9. The number of aliphatic carboxylic acids is 1. The van der Waals surface area contributed by atoms with Gasteiger partial charge in [0.2, 0.25) is 6.10 Å². The van der Waals surface area contributed by atoms with Crippen molar-refractivity contribution in [2.45, 2.75) is 6.10 Å². The number of amides is 1. The van der Waals surface area contributed by atoms with Gasteiger partial charge in [-0.1, -0.05) is 0 Å². The van der Waals surface area contributed by atoms with Crippen LogP contribution in [0.3, 0.4) is 0 Å². The Bertz CT molecular complexity index is 804. The Morgan fingerprint density at radius 2 is 1.75 bits per heavy atom. The van der Waals surface area contributed by atoms with E-state index in [0.29, 0.717) is 18.8 Å². The minimum Gasteiger partial charge on any atom is -0.478 e. The fraction of sp³-hybridized carbons (Fsp3) is 0.300. The average Bonchev–Trinajstić information content (AvgIpc) is 2.73. The first-order valence-corrected chi connectivity index (χ1v) is 8.89. The molecular weight excluding hydrogens is 367 g/mol. The Morgan fingerprint density at radius 3 is 2.36 bits per heavy atom. The Labute approximate surface area is 161 Å². The van der Waals surface area contributed by atoms with E-state index >= 15 is 0 Å². The van der Waals surface area contributed by atoms with Crippen molar-refractivity contribution in [1.82, 2.24) is 5.32 Å². The van der Waals surface area contributed by atoms with Crippen molar-refractivity contribution in [3.8, 4) is 5.75 Å². The first-order chi connectivity index (χ1) is 13.5. The van der Waals surface area contributed by atoms with Gasteiger partial charge in [-0.05, 0) is 48.5 Å². The molecule has 1 heterocycles. The summed E-state index contributed by atoms with van der Waals surface area (Å²) in [5.41, 5.74) is 1.42. The predicted octanol–water partition coefficient (Wildman–Crippen LogP) is 1.92. The Balaban J connectivity index is 1.56. The lowest BCUT2D eigenvalue weighted by Gasteiger charge is -2.28. The molecule has 148 valence electrons. The van der Waals surface area contributed by atoms with Gasteiger partial charge in [0.15, 0.2) is 0 Å². The van der Waals surface area contributed by atoms with Crippen molar-refractivity contribution in [3.05, 3.63) is 59.9 Å². The van der Waals surface area contributed by atoms with E-state index in [-0.39, 0.29) is 12.3 Å². The molecule has 0 bridgehead atoms. The molecular formula is C20H21FN2O5. The number of morpholine rings is 1. The Kier molecular flexibility index (Phi) is 6.44. The molecule has 1 atom stereocenters. The van der Waals surface area contributed by atoms with E-state index in [1.807, 2.05) is 12.1 Å². The number of halogens is 1. The number of carbonyl (C=O) groups is 2. The number of ether oxygens (including phenoxy) is 2. The Hall–Kier alpha value is -3.13. The monoisotopic (exact) mass is 388 g/mol. The summed E-state index contributed by atoms with van der Waals surface area (Å²) in [7, 11) is 0. The van der Waals surface area contributed by atoms with Crippen LogP contribution >= 0.6 is 0 Å². The number of rotatable bonds is 7. The highest BCUT2D eigenvalue weighted by Gasteiger charge is 2.21. The summed E-state index contributed by atoms with van der Waals surface area (Å²) in [4.78, 5) is 25.9. The highest BCUT2D eigenvalue weighted by molar-refractivity contribution is 5.94. The molecule has 1 saturated heterocycles. The molecule has 2 aromatic carbocycles. The van der Waals surface area contributed by atoms with Gasteiger partial charge in [0.1, 0.15) is 11.6 Å². The van der Waals surface area contributed by atoms with Crippen molar-refractivity contribution in [1.29, 1.82) is 0 Å². The number of hydrogen-bond donors (Lipinski definition) is 2. The van der Waals surface area contributed by atoms with E-state index in [1.54, 1.807) is 12.1 Å². The number of nitrogens with zero attached hydrogens (tertiary/aromatic N) is 1. The van der Waals surface area contributed by atoms with Gasteiger partial charge in [-0.3, -0.25) is 4.79 Å². The summed E-state index contributed by atoms with van der Waals surface area (Å²) >= 11 is 0. The maximum Gasteiger partial charge on any atom is 0.346 e. The van der Waals surface area contributed by atoms with Gasteiger partial charge in [-0.15, -0.1) is 0 Å². The van der Waals surface area contributed by atoms with Crippen LogP contribution in [-0.4, -0.2) is 55.9 Å². The van der Waals surface area contributed by atoms with Crippen molar-refractivity contribution >= 4 is 17.6 Å². The van der Waals surface area contributed by atoms with Crippen LogP contribution < -0.4 is 15.0 Å². The second-order valence-electron chi connectivity index (χ2n) is 6.25. The van der Waals surface area contributed by atoms with E-state index in [0.717, 1.165) is 18.8 Å². The van der Waals surface area contributed by atoms with Crippen molar-refractivity contribution in [3.63, 3.8) is 0 Å². The van der Waals surface area contributed by atoms with Gasteiger partial charge in [-0.2, -0.15) is 0 Å². The minimum atomic E-state index is -1.29. The molecule has 2 aromatic rings. The smallest absolute Gasteiger partial charge is 0.346 e. The Morgan fingerprint density at radius 1 is 1.11 bits per heavy atom. The fourth-order valence-electron chi connectivity index (χ4n) is 2.79. The zero-order valence-electron chi connectivity index (χ0n) is 15.1. The lowest BCUT2D eigenvalue weighted by molar-refractivity contribution is -0.144. The second kappa shape index (κ2) is 9.18. The third-order valence-corrected chi connectivity index (χ3v) is 4.32. The molecule has 0 spiro atoms. The highest BCUT2D eigenvalue weighted by atomic mass is 19.1. The van der Waals surface area contributed by atoms with Crippen molar-refractivity contribution in [2.75, 3.05) is 37.7 Å². The first kappa shape index (κ1) is 19.6. The number of benzene rings is 2. The summed E-state index contributed by atoms with van der Waals surface area (Å²) in [6.07, 6.45) is -1.29. The highest BCUT2D eigenvalue weighted by Crippen LogP contribution is 2.17. The number of anilines is 1. The molecule has 0 radical (unpaired) electrons. The molecule has 8 heteroatoms. The number of carboxylic acid groups (broad SMARTS) is 1. The van der Waals surface area contributed by atoms with E-state index in [9.17, 15) is 19.1 Å². The lowest BCUT2D eigenvalue weighted by atomic mass is 10.1. The van der Waals surface area contributed by atoms with Gasteiger partial charge in [0, 0.05) is 24.3 Å². The molecule has 28 heavy (non-hydrogen) atoms. The summed E-state index contributed by atoms with van der Waals surface area (Å²) < 4.78 is 23.6. The van der Waals surface area contributed by atoms with Crippen LogP contribution in [-0.2, 0) is 9.53 Å². The van der Waals surface area contributed by atoms with Crippen LogP contribution in [0.15, 0.2) is 48.5 Å². The number of carboxylic acids is 1. The van der Waals surface area contributed by atoms with Crippen LogP contribution in [0.5, 0.6) is 5.75 Å². The SMILES string of the molecule is O=C(NCC(Oc1ccc(F)cc1)C(=O)O)c1ccc(N2CCOCC2)cc1. The number of nitrogens with one attached hydrogen (secondary N) is 1. The van der Waals surface area contributed by atoms with Crippen LogP contribution in [0.2, 0.25) is 0 Å². The quantitative estimate of drug-likeness (QED) is 0.754. The van der Waals surface area contributed by atoms with Gasteiger partial charge in [0.05, 0.1) is 19.8 Å². The molecule has 1 unspecified atom stereocenters. The minimum absolute atomic E-state index is 0.206. The van der Waals surface area contributed by atoms with Crippen LogP contribution in [0.4, 0.5) is 10.1 Å². The third kappa shape index (κ3) is 5.20. The van der Waals surface area contributed by atoms with E-state index in [1.165, 1.54) is 24.3 Å². The fourth-order valence-corrected chi connectivity index (χ4v) is 2.79. The zero-order valence-corrected chi connectivity index (χ0v) is 15.1. The van der Waals surface area contributed by atoms with Crippen LogP contribution in [0.1, 0.15) is 10.4 Å². The molecule has 1 fully saturated rings. The van der Waals surface area contributed by atoms with Crippen molar-refractivity contribution < 1.29 is 28.6 Å². The standard InChI is InChI=1S/C20H21FN2O5/c21-15-3-7-17(8-4-15)28-18(20(25)26)13-22-19(24)14-1-5-16(6-2-14)23-9-11-27-12-10-23/h1-8,18H,9-13H2,(H,22,24)(H,25,26). The molecule has 2 N–H and O–H groups in total. The maximum absolute atomic E-state index is 12.9. The van der Waals surface area contributed by atoms with Gasteiger partial charge in [0.25, 0.3) is 5.91 Å². The summed E-state index contributed by atoms with van der Waals surface area (Å²) in [5, 5.41) is 11.8. The first-order valence-electron chi connectivity index (χ1n) is 8.89. The van der Waals surface area contributed by atoms with Crippen molar-refractivity contribution in [2.24, 2.45) is 0 Å².